The molecule has 1 aliphatic carbocycles. The fraction of sp³-hybridized carbons (Fsp3) is 0.625. The van der Waals surface area contributed by atoms with E-state index >= 15 is 0 Å². The van der Waals surface area contributed by atoms with Gasteiger partial charge in [-0.25, -0.2) is 8.42 Å². The second kappa shape index (κ2) is 7.75. The summed E-state index contributed by atoms with van der Waals surface area (Å²) in [5, 5.41) is 3.16. The van der Waals surface area contributed by atoms with Gasteiger partial charge in [0, 0.05) is 10.5 Å². The Morgan fingerprint density at radius 2 is 2.00 bits per heavy atom. The molecule has 1 aromatic carbocycles. The summed E-state index contributed by atoms with van der Waals surface area (Å²) in [7, 11) is -3.28. The second-order valence-electron chi connectivity index (χ2n) is 5.74. The summed E-state index contributed by atoms with van der Waals surface area (Å²) in [5.41, 5.74) is 0. The molecular weight excluding hydrogens is 350 g/mol. The van der Waals surface area contributed by atoms with E-state index in [1.807, 2.05) is 6.07 Å². The van der Waals surface area contributed by atoms with Gasteiger partial charge in [0.05, 0.1) is 10.1 Å². The van der Waals surface area contributed by atoms with Crippen LogP contribution in [0, 0.1) is 0 Å². The van der Waals surface area contributed by atoms with E-state index in [2.05, 4.69) is 28.2 Å². The third kappa shape index (κ3) is 4.30. The molecule has 3 nitrogen and oxygen atoms in total. The summed E-state index contributed by atoms with van der Waals surface area (Å²) in [6.45, 7) is 3.00. The van der Waals surface area contributed by atoms with Crippen molar-refractivity contribution in [3.63, 3.8) is 0 Å². The Morgan fingerprint density at radius 1 is 1.24 bits per heavy atom. The molecule has 0 saturated heterocycles. The Morgan fingerprint density at radius 3 is 2.71 bits per heavy atom. The van der Waals surface area contributed by atoms with Crippen LogP contribution in [0.4, 0.5) is 0 Å². The maximum atomic E-state index is 13.0. The van der Waals surface area contributed by atoms with Gasteiger partial charge in [-0.3, -0.25) is 0 Å². The van der Waals surface area contributed by atoms with Gasteiger partial charge in [-0.1, -0.05) is 48.2 Å². The van der Waals surface area contributed by atoms with Crippen molar-refractivity contribution in [1.29, 1.82) is 0 Å². The average Bonchev–Trinajstić information content (AvgIpc) is 2.71. The normalized spacial score (nSPS) is 23.7. The van der Waals surface area contributed by atoms with Crippen LogP contribution in [-0.4, -0.2) is 26.3 Å². The Bertz CT molecular complexity index is 559. The van der Waals surface area contributed by atoms with Gasteiger partial charge >= 0.3 is 0 Å². The molecule has 118 valence electrons. The smallest absolute Gasteiger partial charge is 0.182 e. The van der Waals surface area contributed by atoms with Crippen LogP contribution in [0.3, 0.4) is 0 Å². The first kappa shape index (κ1) is 17.0. The predicted molar refractivity (Wildman–Crippen MR) is 90.3 cm³/mol. The van der Waals surface area contributed by atoms with Gasteiger partial charge in [0.2, 0.25) is 0 Å². The number of sulfone groups is 1. The lowest BCUT2D eigenvalue weighted by atomic mass is 10.1. The van der Waals surface area contributed by atoms with Crippen LogP contribution in [0.25, 0.3) is 0 Å². The fourth-order valence-electron chi connectivity index (χ4n) is 3.03. The van der Waals surface area contributed by atoms with Crippen molar-refractivity contribution in [2.75, 3.05) is 6.54 Å². The Hall–Kier alpha value is -0.390. The molecular formula is C16H24BrNO2S. The molecule has 0 bridgehead atoms. The van der Waals surface area contributed by atoms with E-state index in [1.165, 1.54) is 0 Å². The third-order valence-electron chi connectivity index (χ3n) is 4.13. The van der Waals surface area contributed by atoms with E-state index < -0.39 is 9.84 Å². The number of benzene rings is 1. The van der Waals surface area contributed by atoms with Crippen molar-refractivity contribution in [3.8, 4) is 0 Å². The first-order chi connectivity index (χ1) is 10.1. The topological polar surface area (TPSA) is 46.2 Å². The van der Waals surface area contributed by atoms with Crippen LogP contribution >= 0.6 is 15.9 Å². The van der Waals surface area contributed by atoms with Crippen LogP contribution in [0.1, 0.15) is 45.4 Å². The maximum Gasteiger partial charge on any atom is 0.182 e. The van der Waals surface area contributed by atoms with Crippen LogP contribution in [0.5, 0.6) is 0 Å². The average molecular weight is 374 g/mol. The molecule has 1 aromatic rings. The minimum Gasteiger partial charge on any atom is -0.313 e. The van der Waals surface area contributed by atoms with Gasteiger partial charge in [0.15, 0.2) is 9.84 Å². The standard InChI is InChI=1S/C16H24BrNO2S/c1-2-11-18-15-9-4-3-5-10-16(15)21(19,20)14-8-6-7-13(17)12-14/h6-8,12,15-16,18H,2-5,9-11H2,1H3. The minimum atomic E-state index is -3.28. The van der Waals surface area contributed by atoms with Gasteiger partial charge < -0.3 is 5.32 Å². The largest absolute Gasteiger partial charge is 0.313 e. The van der Waals surface area contributed by atoms with Crippen LogP contribution in [0.2, 0.25) is 0 Å². The van der Waals surface area contributed by atoms with Gasteiger partial charge in [-0.05, 0) is 44.0 Å². The number of hydrogen-bond donors (Lipinski definition) is 1. The molecule has 0 heterocycles. The zero-order valence-corrected chi connectivity index (χ0v) is 14.9. The molecule has 0 radical (unpaired) electrons. The highest BCUT2D eigenvalue weighted by molar-refractivity contribution is 9.10. The molecule has 2 rings (SSSR count). The molecule has 1 fully saturated rings. The lowest BCUT2D eigenvalue weighted by Gasteiger charge is -2.26. The summed E-state index contributed by atoms with van der Waals surface area (Å²) in [6.07, 6.45) is 6.00. The Labute approximate surface area is 136 Å². The summed E-state index contributed by atoms with van der Waals surface area (Å²) in [6, 6.07) is 7.16. The van der Waals surface area contributed by atoms with Gasteiger partial charge in [-0.15, -0.1) is 0 Å². The molecule has 0 aromatic heterocycles. The van der Waals surface area contributed by atoms with Gasteiger partial charge in [0.25, 0.3) is 0 Å². The quantitative estimate of drug-likeness (QED) is 0.795. The summed E-state index contributed by atoms with van der Waals surface area (Å²) in [4.78, 5) is 0.437. The van der Waals surface area contributed by atoms with Crippen molar-refractivity contribution >= 4 is 25.8 Å². The fourth-order valence-corrected chi connectivity index (χ4v) is 5.63. The van der Waals surface area contributed by atoms with Gasteiger partial charge in [-0.2, -0.15) is 0 Å². The third-order valence-corrected chi connectivity index (χ3v) is 6.90. The molecule has 1 saturated carbocycles. The zero-order chi connectivity index (χ0) is 15.3. The van der Waals surface area contributed by atoms with Crippen LogP contribution in [-0.2, 0) is 9.84 Å². The first-order valence-corrected chi connectivity index (χ1v) is 10.1. The van der Waals surface area contributed by atoms with E-state index in [4.69, 9.17) is 0 Å². The van der Waals surface area contributed by atoms with E-state index in [0.717, 1.165) is 49.5 Å². The number of hydrogen-bond acceptors (Lipinski definition) is 3. The van der Waals surface area contributed by atoms with Crippen LogP contribution in [0.15, 0.2) is 33.6 Å². The lowest BCUT2D eigenvalue weighted by molar-refractivity contribution is 0.450. The highest BCUT2D eigenvalue weighted by Crippen LogP contribution is 2.29. The van der Waals surface area contributed by atoms with Gasteiger partial charge in [0.1, 0.15) is 0 Å². The van der Waals surface area contributed by atoms with Crippen LogP contribution < -0.4 is 5.32 Å². The number of halogens is 1. The minimum absolute atomic E-state index is 0.0800. The highest BCUT2D eigenvalue weighted by atomic mass is 79.9. The van der Waals surface area contributed by atoms with Crippen molar-refractivity contribution in [2.45, 2.75) is 61.6 Å². The van der Waals surface area contributed by atoms with Crippen molar-refractivity contribution in [3.05, 3.63) is 28.7 Å². The molecule has 5 heteroatoms. The Balaban J connectivity index is 2.29. The van der Waals surface area contributed by atoms with E-state index in [1.54, 1.807) is 18.2 Å². The zero-order valence-electron chi connectivity index (χ0n) is 12.5. The van der Waals surface area contributed by atoms with E-state index in [0.29, 0.717) is 4.90 Å². The molecule has 21 heavy (non-hydrogen) atoms. The Kier molecular flexibility index (Phi) is 6.26. The molecule has 0 amide bonds. The van der Waals surface area contributed by atoms with Crippen molar-refractivity contribution < 1.29 is 8.42 Å². The van der Waals surface area contributed by atoms with E-state index in [9.17, 15) is 8.42 Å². The number of rotatable bonds is 5. The first-order valence-electron chi connectivity index (χ1n) is 7.78. The van der Waals surface area contributed by atoms with E-state index in [-0.39, 0.29) is 11.3 Å². The summed E-state index contributed by atoms with van der Waals surface area (Å²) < 4.78 is 26.8. The van der Waals surface area contributed by atoms with Crippen molar-refractivity contribution in [2.24, 2.45) is 0 Å². The highest BCUT2D eigenvalue weighted by Gasteiger charge is 2.35. The SMILES string of the molecule is CCCNC1CCCCCC1S(=O)(=O)c1cccc(Br)c1. The number of nitrogens with one attached hydrogen (secondary N) is 1. The molecule has 1 N–H and O–H groups in total. The van der Waals surface area contributed by atoms with Crippen molar-refractivity contribution in [1.82, 2.24) is 5.32 Å². The lowest BCUT2D eigenvalue weighted by Crippen LogP contribution is -2.43. The molecule has 1 aliphatic rings. The molecule has 0 aliphatic heterocycles. The summed E-state index contributed by atoms with van der Waals surface area (Å²) >= 11 is 3.37. The second-order valence-corrected chi connectivity index (χ2v) is 8.82. The monoisotopic (exact) mass is 373 g/mol. The predicted octanol–water partition coefficient (Wildman–Crippen LogP) is 3.92. The molecule has 2 atom stereocenters. The summed E-state index contributed by atoms with van der Waals surface area (Å²) in [5.74, 6) is 0. The maximum absolute atomic E-state index is 13.0. The molecule has 0 spiro atoms. The molecule has 2 unspecified atom stereocenters.